The predicted octanol–water partition coefficient (Wildman–Crippen LogP) is -1.68. The van der Waals surface area contributed by atoms with Crippen molar-refractivity contribution in [3.63, 3.8) is 0 Å². The molecule has 0 aromatic carbocycles. The third-order valence-corrected chi connectivity index (χ3v) is 0.926. The van der Waals surface area contributed by atoms with E-state index in [2.05, 4.69) is 10.1 Å². The Morgan fingerprint density at radius 3 is 2.70 bits per heavy atom. The summed E-state index contributed by atoms with van der Waals surface area (Å²) in [6.45, 7) is 0. The summed E-state index contributed by atoms with van der Waals surface area (Å²) in [7, 11) is 0. The lowest BCUT2D eigenvalue weighted by Gasteiger charge is -1.99. The van der Waals surface area contributed by atoms with Crippen LogP contribution in [0.15, 0.2) is 0 Å². The number of hydrogen-bond donors (Lipinski definition) is 2. The highest BCUT2D eigenvalue weighted by atomic mass is 16.6. The van der Waals surface area contributed by atoms with Gasteiger partial charge in [0.05, 0.1) is 0 Å². The Kier molecular flexibility index (Phi) is 1.53. The van der Waals surface area contributed by atoms with Gasteiger partial charge in [0, 0.05) is 0 Å². The lowest BCUT2D eigenvalue weighted by Crippen LogP contribution is -2.41. The highest BCUT2D eigenvalue weighted by molar-refractivity contribution is 5.95. The Morgan fingerprint density at radius 1 is 1.60 bits per heavy atom. The van der Waals surface area contributed by atoms with E-state index in [-0.39, 0.29) is 0 Å². The fraction of sp³-hybridized carbons (Fsp3) is 0.250. The molecule has 0 aromatic rings. The maximum absolute atomic E-state index is 10.4. The van der Waals surface area contributed by atoms with Crippen molar-refractivity contribution in [3.05, 3.63) is 0 Å². The summed E-state index contributed by atoms with van der Waals surface area (Å²) in [5.74, 6) is -0.794. The van der Waals surface area contributed by atoms with E-state index < -0.39 is 18.2 Å². The van der Waals surface area contributed by atoms with Crippen molar-refractivity contribution in [2.45, 2.75) is 6.17 Å². The SMILES string of the molecule is O=CNC1NC(=O)OC1=O. The molecule has 10 heavy (non-hydrogen) atoms. The molecule has 1 aliphatic rings. The van der Waals surface area contributed by atoms with E-state index in [1.165, 1.54) is 0 Å². The molecule has 0 aliphatic carbocycles. The molecule has 2 N–H and O–H groups in total. The van der Waals surface area contributed by atoms with Gasteiger partial charge in [0.2, 0.25) is 12.6 Å². The molecule has 6 nitrogen and oxygen atoms in total. The second-order valence-electron chi connectivity index (χ2n) is 1.57. The maximum Gasteiger partial charge on any atom is 0.417 e. The zero-order valence-corrected chi connectivity index (χ0v) is 4.79. The van der Waals surface area contributed by atoms with E-state index in [4.69, 9.17) is 0 Å². The predicted molar refractivity (Wildman–Crippen MR) is 27.6 cm³/mol. The number of hydrogen-bond acceptors (Lipinski definition) is 4. The van der Waals surface area contributed by atoms with Crippen molar-refractivity contribution in [2.75, 3.05) is 0 Å². The summed E-state index contributed by atoms with van der Waals surface area (Å²) in [4.78, 5) is 30.4. The topological polar surface area (TPSA) is 84.5 Å². The molecule has 1 unspecified atom stereocenters. The molecular formula is C4H4N2O4. The lowest BCUT2D eigenvalue weighted by molar-refractivity contribution is -0.137. The van der Waals surface area contributed by atoms with Gasteiger partial charge in [-0.25, -0.2) is 9.59 Å². The molecule has 1 heterocycles. The average molecular weight is 144 g/mol. The largest absolute Gasteiger partial charge is 0.417 e. The molecule has 0 spiro atoms. The summed E-state index contributed by atoms with van der Waals surface area (Å²) < 4.78 is 4.02. The van der Waals surface area contributed by atoms with Gasteiger partial charge in [-0.05, 0) is 0 Å². The lowest BCUT2D eigenvalue weighted by atomic mass is 10.5. The minimum Gasteiger partial charge on any atom is -0.373 e. The van der Waals surface area contributed by atoms with Crippen LogP contribution in [0.1, 0.15) is 0 Å². The molecule has 1 rings (SSSR count). The summed E-state index contributed by atoms with van der Waals surface area (Å²) in [5.41, 5.74) is 0. The molecule has 6 heteroatoms. The number of esters is 1. The molecular weight excluding hydrogens is 140 g/mol. The molecule has 0 bridgehead atoms. The molecule has 2 amide bonds. The van der Waals surface area contributed by atoms with Gasteiger partial charge >= 0.3 is 12.1 Å². The Bertz CT molecular complexity index is 190. The number of alkyl carbamates (subject to hydrolysis) is 1. The molecule has 54 valence electrons. The van der Waals surface area contributed by atoms with Crippen molar-refractivity contribution in [3.8, 4) is 0 Å². The van der Waals surface area contributed by atoms with Crippen LogP contribution in [0.2, 0.25) is 0 Å². The van der Waals surface area contributed by atoms with E-state index in [9.17, 15) is 14.4 Å². The smallest absolute Gasteiger partial charge is 0.373 e. The quantitative estimate of drug-likeness (QED) is 0.275. The van der Waals surface area contributed by atoms with Crippen LogP contribution >= 0.6 is 0 Å². The van der Waals surface area contributed by atoms with Gasteiger partial charge in [-0.15, -0.1) is 0 Å². The van der Waals surface area contributed by atoms with E-state index in [0.29, 0.717) is 6.41 Å². The van der Waals surface area contributed by atoms with Crippen LogP contribution < -0.4 is 10.6 Å². The summed E-state index contributed by atoms with van der Waals surface area (Å²) in [6.07, 6.45) is -1.56. The molecule has 0 saturated carbocycles. The van der Waals surface area contributed by atoms with Gasteiger partial charge in [0.25, 0.3) is 0 Å². The van der Waals surface area contributed by atoms with Crippen molar-refractivity contribution in [1.29, 1.82) is 0 Å². The van der Waals surface area contributed by atoms with Gasteiger partial charge in [-0.3, -0.25) is 10.1 Å². The van der Waals surface area contributed by atoms with Gasteiger partial charge in [-0.1, -0.05) is 0 Å². The van der Waals surface area contributed by atoms with Crippen LogP contribution in [0.25, 0.3) is 0 Å². The third kappa shape index (κ3) is 1.04. The van der Waals surface area contributed by atoms with Crippen molar-refractivity contribution >= 4 is 18.5 Å². The average Bonchev–Trinajstić information content (AvgIpc) is 2.13. The van der Waals surface area contributed by atoms with Gasteiger partial charge < -0.3 is 10.1 Å². The molecule has 1 fully saturated rings. The van der Waals surface area contributed by atoms with Crippen LogP contribution in [0, 0.1) is 0 Å². The summed E-state index contributed by atoms with van der Waals surface area (Å²) >= 11 is 0. The van der Waals surface area contributed by atoms with E-state index in [0.717, 1.165) is 0 Å². The third-order valence-electron chi connectivity index (χ3n) is 0.926. The first-order valence-corrected chi connectivity index (χ1v) is 2.46. The first-order valence-electron chi connectivity index (χ1n) is 2.46. The molecule has 1 saturated heterocycles. The van der Waals surface area contributed by atoms with Crippen LogP contribution in [-0.2, 0) is 14.3 Å². The molecule has 0 aromatic heterocycles. The summed E-state index contributed by atoms with van der Waals surface area (Å²) in [5, 5.41) is 4.09. The monoisotopic (exact) mass is 144 g/mol. The van der Waals surface area contributed by atoms with Gasteiger partial charge in [0.1, 0.15) is 0 Å². The number of amides is 2. The number of rotatable bonds is 2. The van der Waals surface area contributed by atoms with Crippen LogP contribution in [-0.4, -0.2) is 24.6 Å². The van der Waals surface area contributed by atoms with Crippen LogP contribution in [0.5, 0.6) is 0 Å². The number of nitrogens with one attached hydrogen (secondary N) is 2. The number of carbonyl (C=O) groups excluding carboxylic acids is 3. The van der Waals surface area contributed by atoms with E-state index in [1.54, 1.807) is 0 Å². The highest BCUT2D eigenvalue weighted by Crippen LogP contribution is 1.94. The number of carbonyl (C=O) groups is 3. The number of cyclic esters (lactones) is 2. The Balaban J connectivity index is 2.54. The van der Waals surface area contributed by atoms with E-state index >= 15 is 0 Å². The fourth-order valence-electron chi connectivity index (χ4n) is 0.534. The zero-order valence-electron chi connectivity index (χ0n) is 4.79. The first-order chi connectivity index (χ1) is 4.74. The second kappa shape index (κ2) is 2.34. The maximum atomic E-state index is 10.4. The van der Waals surface area contributed by atoms with Gasteiger partial charge in [-0.2, -0.15) is 0 Å². The normalized spacial score (nSPS) is 23.4. The molecule has 1 atom stereocenters. The van der Waals surface area contributed by atoms with Crippen LogP contribution in [0.4, 0.5) is 4.79 Å². The standard InChI is InChI=1S/C4H4N2O4/c7-1-5-2-3(8)10-4(9)6-2/h1-2H,(H,5,7)(H,6,9). The second-order valence-corrected chi connectivity index (χ2v) is 1.57. The highest BCUT2D eigenvalue weighted by Gasteiger charge is 2.31. The molecule has 1 aliphatic heterocycles. The van der Waals surface area contributed by atoms with Crippen molar-refractivity contribution in [2.24, 2.45) is 0 Å². The minimum atomic E-state index is -1.02. The van der Waals surface area contributed by atoms with E-state index in [1.807, 2.05) is 5.32 Å². The Hall–Kier alpha value is -1.59. The Morgan fingerprint density at radius 2 is 2.30 bits per heavy atom. The fourth-order valence-corrected chi connectivity index (χ4v) is 0.534. The first kappa shape index (κ1) is 6.53. The van der Waals surface area contributed by atoms with Crippen molar-refractivity contribution < 1.29 is 19.1 Å². The zero-order chi connectivity index (χ0) is 7.56. The Labute approximate surface area is 55.5 Å². The van der Waals surface area contributed by atoms with Gasteiger partial charge in [0.15, 0.2) is 0 Å². The van der Waals surface area contributed by atoms with Crippen LogP contribution in [0.3, 0.4) is 0 Å². The van der Waals surface area contributed by atoms with Crippen molar-refractivity contribution in [1.82, 2.24) is 10.6 Å². The summed E-state index contributed by atoms with van der Waals surface area (Å²) in [6, 6.07) is 0. The molecule has 0 radical (unpaired) electrons. The number of ether oxygens (including phenoxy) is 1. The minimum absolute atomic E-state index is 0.303.